The van der Waals surface area contributed by atoms with E-state index in [9.17, 15) is 4.79 Å². The number of aryl methyl sites for hydroxylation is 1. The number of nitrogens with one attached hydrogen (secondary N) is 1. The summed E-state index contributed by atoms with van der Waals surface area (Å²) in [5.41, 5.74) is 8.41. The minimum Gasteiger partial charge on any atom is -0.397 e. The van der Waals surface area contributed by atoms with Crippen LogP contribution < -0.4 is 11.1 Å². The lowest BCUT2D eigenvalue weighted by Crippen LogP contribution is -2.32. The number of amides is 1. The van der Waals surface area contributed by atoms with E-state index in [1.54, 1.807) is 17.4 Å². The fourth-order valence-electron chi connectivity index (χ4n) is 2.98. The van der Waals surface area contributed by atoms with Gasteiger partial charge in [0.15, 0.2) is 0 Å². The van der Waals surface area contributed by atoms with Crippen LogP contribution in [0.1, 0.15) is 59.7 Å². The van der Waals surface area contributed by atoms with E-state index in [1.807, 2.05) is 24.6 Å². The first-order valence-electron chi connectivity index (χ1n) is 7.40. The third-order valence-electron chi connectivity index (χ3n) is 4.02. The molecule has 2 aromatic heterocycles. The Hall–Kier alpha value is -1.75. The normalized spacial score (nSPS) is 17.8. The number of aromatic nitrogens is 1. The van der Waals surface area contributed by atoms with Crippen molar-refractivity contribution in [2.24, 2.45) is 0 Å². The van der Waals surface area contributed by atoms with E-state index in [2.05, 4.69) is 16.8 Å². The smallest absolute Gasteiger partial charge is 0.268 e. The number of thiophene rings is 1. The Morgan fingerprint density at radius 1 is 1.52 bits per heavy atom. The van der Waals surface area contributed by atoms with Gasteiger partial charge in [-0.1, -0.05) is 0 Å². The zero-order valence-corrected chi connectivity index (χ0v) is 13.2. The van der Waals surface area contributed by atoms with Crippen molar-refractivity contribution >= 4 is 22.9 Å². The highest BCUT2D eigenvalue weighted by atomic mass is 32.1. The van der Waals surface area contributed by atoms with Crippen molar-refractivity contribution in [3.8, 4) is 0 Å². The summed E-state index contributed by atoms with van der Waals surface area (Å²) in [6, 6.07) is 4.24. The number of nitrogens with two attached hydrogens (primary N) is 1. The van der Waals surface area contributed by atoms with Gasteiger partial charge in [0.05, 0.1) is 11.7 Å². The van der Waals surface area contributed by atoms with Crippen molar-refractivity contribution in [3.63, 3.8) is 0 Å². The topological polar surface area (TPSA) is 60.0 Å². The second kappa shape index (κ2) is 5.56. The lowest BCUT2D eigenvalue weighted by molar-refractivity contribution is 0.0922. The molecule has 2 aromatic rings. The Kier molecular flexibility index (Phi) is 3.76. The van der Waals surface area contributed by atoms with E-state index in [4.69, 9.17) is 5.73 Å². The first kappa shape index (κ1) is 14.2. The minimum absolute atomic E-state index is 0.0375. The van der Waals surface area contributed by atoms with Gasteiger partial charge in [0.2, 0.25) is 0 Å². The molecule has 0 bridgehead atoms. The Morgan fingerprint density at radius 3 is 3.10 bits per heavy atom. The molecule has 1 unspecified atom stereocenters. The van der Waals surface area contributed by atoms with Gasteiger partial charge in [0.1, 0.15) is 5.69 Å². The Balaban J connectivity index is 1.82. The van der Waals surface area contributed by atoms with Crippen molar-refractivity contribution < 1.29 is 4.79 Å². The van der Waals surface area contributed by atoms with Crippen LogP contribution in [-0.2, 0) is 6.42 Å². The molecule has 3 rings (SSSR count). The summed E-state index contributed by atoms with van der Waals surface area (Å²) >= 11 is 1.79. The van der Waals surface area contributed by atoms with E-state index >= 15 is 0 Å². The molecule has 1 aliphatic rings. The lowest BCUT2D eigenvalue weighted by atomic mass is 9.94. The maximum absolute atomic E-state index is 12.6. The van der Waals surface area contributed by atoms with Gasteiger partial charge in [-0.15, -0.1) is 11.3 Å². The molecule has 2 heterocycles. The number of hydrogen-bond acceptors (Lipinski definition) is 3. The summed E-state index contributed by atoms with van der Waals surface area (Å²) in [7, 11) is 0. The number of hydrogen-bond donors (Lipinski definition) is 2. The number of anilines is 1. The van der Waals surface area contributed by atoms with Crippen molar-refractivity contribution in [1.82, 2.24) is 9.88 Å². The zero-order valence-electron chi connectivity index (χ0n) is 12.4. The third-order valence-corrected chi connectivity index (χ3v) is 5.01. The molecule has 0 aliphatic heterocycles. The van der Waals surface area contributed by atoms with E-state index in [-0.39, 0.29) is 18.0 Å². The molecule has 5 heteroatoms. The van der Waals surface area contributed by atoms with Crippen LogP contribution >= 0.6 is 11.3 Å². The molecule has 0 fully saturated rings. The Morgan fingerprint density at radius 2 is 2.33 bits per heavy atom. The quantitative estimate of drug-likeness (QED) is 0.911. The molecule has 21 heavy (non-hydrogen) atoms. The van der Waals surface area contributed by atoms with Crippen LogP contribution in [0.15, 0.2) is 23.7 Å². The lowest BCUT2D eigenvalue weighted by Gasteiger charge is -2.24. The third kappa shape index (κ3) is 2.70. The largest absolute Gasteiger partial charge is 0.397 e. The molecule has 0 saturated carbocycles. The fourth-order valence-corrected chi connectivity index (χ4v) is 3.97. The molecular weight excluding hydrogens is 282 g/mol. The van der Waals surface area contributed by atoms with Crippen molar-refractivity contribution in [1.29, 1.82) is 0 Å². The molecule has 112 valence electrons. The minimum atomic E-state index is -0.0375. The van der Waals surface area contributed by atoms with Crippen LogP contribution in [0.3, 0.4) is 0 Å². The predicted octanol–water partition coefficient (Wildman–Crippen LogP) is 3.52. The molecule has 1 atom stereocenters. The number of carbonyl (C=O) groups is 1. The standard InChI is InChI=1S/C16H21N3OS/c1-10(2)19-9-11(17)8-14(19)16(20)18-13-4-3-5-15-12(13)6-7-21-15/h6-10,13H,3-5,17H2,1-2H3,(H,18,20). The van der Waals surface area contributed by atoms with Crippen molar-refractivity contribution in [3.05, 3.63) is 39.8 Å². The van der Waals surface area contributed by atoms with E-state index < -0.39 is 0 Å². The monoisotopic (exact) mass is 303 g/mol. The summed E-state index contributed by atoms with van der Waals surface area (Å²) in [6.07, 6.45) is 5.10. The highest BCUT2D eigenvalue weighted by Crippen LogP contribution is 2.33. The van der Waals surface area contributed by atoms with Crippen LogP contribution in [0, 0.1) is 0 Å². The van der Waals surface area contributed by atoms with Crippen LogP contribution in [0.4, 0.5) is 5.69 Å². The van der Waals surface area contributed by atoms with E-state index in [0.29, 0.717) is 11.4 Å². The van der Waals surface area contributed by atoms with Gasteiger partial charge in [-0.05, 0) is 56.2 Å². The highest BCUT2D eigenvalue weighted by molar-refractivity contribution is 7.10. The zero-order chi connectivity index (χ0) is 15.0. The molecule has 1 aliphatic carbocycles. The SMILES string of the molecule is CC(C)n1cc(N)cc1C(=O)NC1CCCc2sccc21. The van der Waals surface area contributed by atoms with Gasteiger partial charge in [0, 0.05) is 17.1 Å². The average molecular weight is 303 g/mol. The highest BCUT2D eigenvalue weighted by Gasteiger charge is 2.24. The van der Waals surface area contributed by atoms with Gasteiger partial charge in [-0.2, -0.15) is 0 Å². The van der Waals surface area contributed by atoms with Crippen LogP contribution in [0.25, 0.3) is 0 Å². The van der Waals surface area contributed by atoms with Gasteiger partial charge in [-0.3, -0.25) is 4.79 Å². The number of rotatable bonds is 3. The molecule has 4 nitrogen and oxygen atoms in total. The summed E-state index contributed by atoms with van der Waals surface area (Å²) in [4.78, 5) is 14.0. The van der Waals surface area contributed by atoms with Crippen molar-refractivity contribution in [2.75, 3.05) is 5.73 Å². The average Bonchev–Trinajstić information content (AvgIpc) is 3.05. The van der Waals surface area contributed by atoms with Crippen LogP contribution in [0.2, 0.25) is 0 Å². The first-order chi connectivity index (χ1) is 10.1. The number of nitrogen functional groups attached to an aromatic ring is 1. The fraction of sp³-hybridized carbons (Fsp3) is 0.438. The molecule has 1 amide bonds. The summed E-state index contributed by atoms with van der Waals surface area (Å²) in [5.74, 6) is -0.0375. The van der Waals surface area contributed by atoms with Crippen molar-refractivity contribution in [2.45, 2.75) is 45.2 Å². The Bertz CT molecular complexity index is 656. The predicted molar refractivity (Wildman–Crippen MR) is 86.7 cm³/mol. The van der Waals surface area contributed by atoms with Crippen LogP contribution in [-0.4, -0.2) is 10.5 Å². The molecule has 0 spiro atoms. The maximum atomic E-state index is 12.6. The number of fused-ring (bicyclic) bond motifs is 1. The molecule has 3 N–H and O–H groups in total. The molecule has 0 aromatic carbocycles. The number of carbonyl (C=O) groups excluding carboxylic acids is 1. The first-order valence-corrected chi connectivity index (χ1v) is 8.28. The molecular formula is C16H21N3OS. The second-order valence-corrected chi connectivity index (χ2v) is 6.88. The van der Waals surface area contributed by atoms with Gasteiger partial charge in [-0.25, -0.2) is 0 Å². The maximum Gasteiger partial charge on any atom is 0.268 e. The summed E-state index contributed by atoms with van der Waals surface area (Å²) in [5, 5.41) is 5.29. The number of nitrogens with zero attached hydrogens (tertiary/aromatic N) is 1. The van der Waals surface area contributed by atoms with Gasteiger partial charge in [0.25, 0.3) is 5.91 Å². The van der Waals surface area contributed by atoms with E-state index in [1.165, 1.54) is 10.4 Å². The van der Waals surface area contributed by atoms with Gasteiger partial charge >= 0.3 is 0 Å². The molecule has 0 saturated heterocycles. The van der Waals surface area contributed by atoms with E-state index in [0.717, 1.165) is 19.3 Å². The van der Waals surface area contributed by atoms with Gasteiger partial charge < -0.3 is 15.6 Å². The summed E-state index contributed by atoms with van der Waals surface area (Å²) < 4.78 is 1.93. The summed E-state index contributed by atoms with van der Waals surface area (Å²) in [6.45, 7) is 4.10. The van der Waals surface area contributed by atoms with Crippen LogP contribution in [0.5, 0.6) is 0 Å². The molecule has 0 radical (unpaired) electrons. The second-order valence-electron chi connectivity index (χ2n) is 5.88. The Labute approximate surface area is 129 Å².